The lowest BCUT2D eigenvalue weighted by molar-refractivity contribution is 0.550. The minimum atomic E-state index is 1.12. The third-order valence-electron chi connectivity index (χ3n) is 6.92. The predicted octanol–water partition coefficient (Wildman–Crippen LogP) is 11.0. The Balaban J connectivity index is 1.76. The van der Waals surface area contributed by atoms with Gasteiger partial charge < -0.3 is 0 Å². The highest BCUT2D eigenvalue weighted by molar-refractivity contribution is 5.71. The Kier molecular flexibility index (Phi) is 14.7. The number of hydrogen-bond acceptors (Lipinski definition) is 0. The molecule has 0 fully saturated rings. The van der Waals surface area contributed by atoms with Gasteiger partial charge in [0.1, 0.15) is 0 Å². The monoisotopic (exact) mass is 446 g/mol. The lowest BCUT2D eigenvalue weighted by Crippen LogP contribution is -1.97. The highest BCUT2D eigenvalue weighted by Crippen LogP contribution is 2.29. The average Bonchev–Trinajstić information content (AvgIpc) is 2.85. The molecule has 0 heteroatoms. The Morgan fingerprint density at radius 1 is 0.636 bits per heavy atom. The zero-order chi connectivity index (χ0) is 23.6. The van der Waals surface area contributed by atoms with E-state index in [9.17, 15) is 0 Å². The van der Waals surface area contributed by atoms with Crippen molar-refractivity contribution in [2.24, 2.45) is 0 Å². The zero-order valence-electron chi connectivity index (χ0n) is 22.0. The Bertz CT molecular complexity index is 782. The molecule has 0 heterocycles. The van der Waals surface area contributed by atoms with E-state index in [1.807, 2.05) is 0 Å². The van der Waals surface area contributed by atoms with E-state index >= 15 is 0 Å². The molecule has 0 unspecified atom stereocenters. The summed E-state index contributed by atoms with van der Waals surface area (Å²) in [7, 11) is 0. The van der Waals surface area contributed by atoms with Gasteiger partial charge >= 0.3 is 0 Å². The van der Waals surface area contributed by atoms with Crippen LogP contribution in [0.1, 0.15) is 127 Å². The first-order chi connectivity index (χ1) is 16.3. The minimum absolute atomic E-state index is 1.12. The van der Waals surface area contributed by atoms with Crippen molar-refractivity contribution in [3.05, 3.63) is 65.2 Å². The lowest BCUT2D eigenvalue weighted by atomic mass is 9.90. The molecule has 2 aromatic rings. The second-order valence-corrected chi connectivity index (χ2v) is 9.75. The summed E-state index contributed by atoms with van der Waals surface area (Å²) in [4.78, 5) is 0. The van der Waals surface area contributed by atoms with E-state index in [0.29, 0.717) is 0 Å². The van der Waals surface area contributed by atoms with Gasteiger partial charge in [-0.15, -0.1) is 0 Å². The summed E-state index contributed by atoms with van der Waals surface area (Å²) in [5.74, 6) is 0. The molecule has 0 aliphatic carbocycles. The summed E-state index contributed by atoms with van der Waals surface area (Å²) in [6, 6.07) is 16.0. The van der Waals surface area contributed by atoms with Crippen molar-refractivity contribution in [2.75, 3.05) is 0 Å². The third kappa shape index (κ3) is 10.8. The van der Waals surface area contributed by atoms with Crippen LogP contribution in [0.15, 0.2) is 48.5 Å². The molecule has 0 saturated carbocycles. The molecule has 182 valence electrons. The molecule has 2 aromatic carbocycles. The van der Waals surface area contributed by atoms with Gasteiger partial charge in [0.2, 0.25) is 0 Å². The molecule has 0 aliphatic rings. The first kappa shape index (κ1) is 27.4. The summed E-state index contributed by atoms with van der Waals surface area (Å²) in [5.41, 5.74) is 7.21. The van der Waals surface area contributed by atoms with E-state index < -0.39 is 0 Å². The first-order valence-corrected chi connectivity index (χ1v) is 14.2. The largest absolute Gasteiger partial charge is 0.0839 e. The van der Waals surface area contributed by atoms with E-state index in [1.165, 1.54) is 119 Å². The van der Waals surface area contributed by atoms with Crippen LogP contribution in [0.5, 0.6) is 0 Å². The van der Waals surface area contributed by atoms with Crippen LogP contribution in [0.4, 0.5) is 0 Å². The smallest absolute Gasteiger partial charge is 0.0149 e. The van der Waals surface area contributed by atoms with Crippen LogP contribution < -0.4 is 0 Å². The SMILES string of the molecule is CCCCCCCCCCCCCC=Cc1cccc(-c2cccc(CC)c2CCCC)c1. The second kappa shape index (κ2) is 17.6. The Morgan fingerprint density at radius 3 is 1.94 bits per heavy atom. The van der Waals surface area contributed by atoms with E-state index in [2.05, 4.69) is 75.4 Å². The van der Waals surface area contributed by atoms with Crippen molar-refractivity contribution in [1.29, 1.82) is 0 Å². The van der Waals surface area contributed by atoms with E-state index in [-0.39, 0.29) is 0 Å². The van der Waals surface area contributed by atoms with Crippen LogP contribution in [0.3, 0.4) is 0 Å². The number of allylic oxidation sites excluding steroid dienone is 1. The third-order valence-corrected chi connectivity index (χ3v) is 6.92. The maximum absolute atomic E-state index is 2.38. The fourth-order valence-corrected chi connectivity index (χ4v) is 4.84. The van der Waals surface area contributed by atoms with Gasteiger partial charge in [-0.2, -0.15) is 0 Å². The quantitative estimate of drug-likeness (QED) is 0.200. The molecule has 0 N–H and O–H groups in total. The average molecular weight is 447 g/mol. The van der Waals surface area contributed by atoms with Crippen molar-refractivity contribution < 1.29 is 0 Å². The summed E-state index contributed by atoms with van der Waals surface area (Å²) in [6.45, 7) is 6.86. The molecule has 0 nitrogen and oxygen atoms in total. The fourth-order valence-electron chi connectivity index (χ4n) is 4.84. The van der Waals surface area contributed by atoms with Gasteiger partial charge in [-0.05, 0) is 66.0 Å². The van der Waals surface area contributed by atoms with E-state index in [0.717, 1.165) is 6.42 Å². The van der Waals surface area contributed by atoms with Gasteiger partial charge in [0.05, 0.1) is 0 Å². The van der Waals surface area contributed by atoms with E-state index in [1.54, 1.807) is 5.56 Å². The Morgan fingerprint density at radius 2 is 1.27 bits per heavy atom. The number of hydrogen-bond donors (Lipinski definition) is 0. The molecule has 0 aliphatic heterocycles. The van der Waals surface area contributed by atoms with Gasteiger partial charge in [-0.3, -0.25) is 0 Å². The molecule has 0 aromatic heterocycles. The molecule has 0 saturated heterocycles. The Hall–Kier alpha value is -1.82. The number of benzene rings is 2. The number of unbranched alkanes of at least 4 members (excludes halogenated alkanes) is 12. The summed E-state index contributed by atoms with van der Waals surface area (Å²) in [6.07, 6.45) is 26.3. The maximum Gasteiger partial charge on any atom is -0.0149 e. The van der Waals surface area contributed by atoms with Crippen LogP contribution in [0.25, 0.3) is 17.2 Å². The predicted molar refractivity (Wildman–Crippen MR) is 150 cm³/mol. The highest BCUT2D eigenvalue weighted by atomic mass is 14.1. The molecule has 0 radical (unpaired) electrons. The van der Waals surface area contributed by atoms with E-state index in [4.69, 9.17) is 0 Å². The Labute approximate surface area is 205 Å². The van der Waals surface area contributed by atoms with Crippen molar-refractivity contribution in [3.8, 4) is 11.1 Å². The normalized spacial score (nSPS) is 11.5. The lowest BCUT2D eigenvalue weighted by Gasteiger charge is -2.14. The van der Waals surface area contributed by atoms with Crippen LogP contribution in [0, 0.1) is 0 Å². The van der Waals surface area contributed by atoms with Gasteiger partial charge in [0, 0.05) is 0 Å². The molecule has 0 atom stereocenters. The van der Waals surface area contributed by atoms with Gasteiger partial charge in [-0.1, -0.05) is 140 Å². The number of rotatable bonds is 18. The molecule has 0 bridgehead atoms. The molecular formula is C33H50. The van der Waals surface area contributed by atoms with Crippen molar-refractivity contribution >= 4 is 6.08 Å². The van der Waals surface area contributed by atoms with Crippen LogP contribution in [-0.4, -0.2) is 0 Å². The second-order valence-electron chi connectivity index (χ2n) is 9.75. The van der Waals surface area contributed by atoms with Gasteiger partial charge in [-0.25, -0.2) is 0 Å². The maximum atomic E-state index is 2.38. The van der Waals surface area contributed by atoms with Crippen LogP contribution >= 0.6 is 0 Å². The summed E-state index contributed by atoms with van der Waals surface area (Å²) >= 11 is 0. The van der Waals surface area contributed by atoms with Crippen LogP contribution in [0.2, 0.25) is 0 Å². The first-order valence-electron chi connectivity index (χ1n) is 14.2. The summed E-state index contributed by atoms with van der Waals surface area (Å²) in [5, 5.41) is 0. The highest BCUT2D eigenvalue weighted by Gasteiger charge is 2.09. The molecular weight excluding hydrogens is 396 g/mol. The minimum Gasteiger partial charge on any atom is -0.0839 e. The van der Waals surface area contributed by atoms with Crippen LogP contribution in [-0.2, 0) is 12.8 Å². The fraction of sp³-hybridized carbons (Fsp3) is 0.576. The van der Waals surface area contributed by atoms with Crippen molar-refractivity contribution in [2.45, 2.75) is 124 Å². The zero-order valence-corrected chi connectivity index (χ0v) is 22.0. The van der Waals surface area contributed by atoms with Crippen molar-refractivity contribution in [1.82, 2.24) is 0 Å². The molecule has 2 rings (SSSR count). The van der Waals surface area contributed by atoms with Gasteiger partial charge in [0.25, 0.3) is 0 Å². The number of aryl methyl sites for hydroxylation is 1. The molecule has 0 amide bonds. The van der Waals surface area contributed by atoms with Gasteiger partial charge in [0.15, 0.2) is 0 Å². The van der Waals surface area contributed by atoms with Crippen molar-refractivity contribution in [3.63, 3.8) is 0 Å². The molecule has 0 spiro atoms. The topological polar surface area (TPSA) is 0 Å². The molecule has 33 heavy (non-hydrogen) atoms. The summed E-state index contributed by atoms with van der Waals surface area (Å²) < 4.78 is 0. The standard InChI is InChI=1S/C33H50/c1-4-7-9-10-11-12-13-14-15-16-17-18-19-22-29-23-20-25-31(28-29)33-27-21-24-30(6-3)32(33)26-8-5-2/h19-25,27-28H,4-18,26H2,1-3H3.